The Kier molecular flexibility index (Phi) is 14.9. The van der Waals surface area contributed by atoms with E-state index in [2.05, 4.69) is 47.4 Å². The molecule has 38 heavy (non-hydrogen) atoms. The molecule has 0 aliphatic rings. The Balaban J connectivity index is 0.000000675. The van der Waals surface area contributed by atoms with Gasteiger partial charge in [-0.3, -0.25) is 14.2 Å². The minimum absolute atomic E-state index is 0. The first kappa shape index (κ1) is 35.6. The average Bonchev–Trinajstić information content (AvgIpc) is 3.33. The number of hydrogen-bond acceptors (Lipinski definition) is 7. The molecule has 0 bridgehead atoms. The van der Waals surface area contributed by atoms with Crippen molar-refractivity contribution in [1.29, 1.82) is 0 Å². The Morgan fingerprint density at radius 3 is 1.74 bits per heavy atom. The predicted octanol–water partition coefficient (Wildman–Crippen LogP) is 2.72. The number of ether oxygens (including phenoxy) is 2. The number of nitrogens with two attached hydrogens (primary N) is 1. The number of methoxy groups -OCH3 is 2. The van der Waals surface area contributed by atoms with Crippen LogP contribution in [0.25, 0.3) is 22.5 Å². The van der Waals surface area contributed by atoms with Crippen LogP contribution in [0.1, 0.15) is 14.4 Å². The number of nitrogens with zero attached hydrogens (tertiary/aromatic N) is 4. The first-order valence-corrected chi connectivity index (χ1v) is 12.0. The fraction of sp³-hybridized carbons (Fsp3) is 0.240. The summed E-state index contributed by atoms with van der Waals surface area (Å²) < 4.78 is 16.0. The van der Waals surface area contributed by atoms with E-state index in [-0.39, 0.29) is 48.4 Å². The zero-order valence-electron chi connectivity index (χ0n) is 21.4. The van der Waals surface area contributed by atoms with Crippen LogP contribution in [0.2, 0.25) is 0 Å². The minimum Gasteiger partial charge on any atom is -0.870 e. The molecule has 0 saturated heterocycles. The second-order valence-corrected chi connectivity index (χ2v) is 9.19. The van der Waals surface area contributed by atoms with Gasteiger partial charge in [-0.2, -0.15) is 10.2 Å². The van der Waals surface area contributed by atoms with Crippen molar-refractivity contribution in [1.82, 2.24) is 19.6 Å². The largest absolute Gasteiger partial charge is 1.00 e. The molecule has 13 heteroatoms. The Hall–Kier alpha value is -2.35. The number of amides is 1. The van der Waals surface area contributed by atoms with E-state index < -0.39 is 0 Å². The van der Waals surface area contributed by atoms with Crippen LogP contribution >= 0.6 is 31.9 Å². The maximum Gasteiger partial charge on any atom is 1.00 e. The van der Waals surface area contributed by atoms with Crippen LogP contribution in [0.15, 0.2) is 57.7 Å². The third kappa shape index (κ3) is 8.32. The summed E-state index contributed by atoms with van der Waals surface area (Å²) in [5.41, 5.74) is 10.8. The molecule has 0 unspecified atom stereocenters. The Morgan fingerprint density at radius 2 is 1.34 bits per heavy atom. The maximum absolute atomic E-state index is 11.1. The van der Waals surface area contributed by atoms with Crippen molar-refractivity contribution in [2.75, 3.05) is 25.3 Å². The molecule has 2 aromatic carbocycles. The molecular weight excluding hydrogens is 631 g/mol. The van der Waals surface area contributed by atoms with Crippen molar-refractivity contribution < 1.29 is 49.3 Å². The zero-order valence-corrected chi connectivity index (χ0v) is 26.6. The quantitative estimate of drug-likeness (QED) is 0.248. The van der Waals surface area contributed by atoms with Crippen LogP contribution in [0.5, 0.6) is 11.5 Å². The number of rotatable bonds is 5. The van der Waals surface area contributed by atoms with Gasteiger partial charge in [-0.05, 0) is 68.3 Å². The van der Waals surface area contributed by atoms with Crippen LogP contribution in [0, 0.1) is 0 Å². The molecule has 1 amide bonds. The number of carbonyl (C=O) groups excluding carboxylic acids is 1. The number of nitrogens with one attached hydrogen (secondary N) is 1. The molecule has 4 N–H and O–H groups in total. The Morgan fingerprint density at radius 1 is 0.895 bits per heavy atom. The van der Waals surface area contributed by atoms with Crippen LogP contribution < -0.4 is 50.1 Å². The van der Waals surface area contributed by atoms with Gasteiger partial charge in [-0.25, -0.2) is 0 Å². The maximum atomic E-state index is 11.1. The topological polar surface area (TPSA) is 139 Å². The number of carbonyl (C=O) groups is 1. The van der Waals surface area contributed by atoms with Gasteiger partial charge in [0.05, 0.1) is 46.9 Å². The molecule has 4 aromatic rings. The fourth-order valence-corrected chi connectivity index (χ4v) is 4.64. The number of hydrogen-bond donors (Lipinski definition) is 2. The van der Waals surface area contributed by atoms with E-state index in [1.165, 1.54) is 6.92 Å². The molecule has 10 nitrogen and oxygen atoms in total. The van der Waals surface area contributed by atoms with E-state index in [1.54, 1.807) is 42.0 Å². The summed E-state index contributed by atoms with van der Waals surface area (Å²) in [7, 11) is 6.98. The van der Waals surface area contributed by atoms with Crippen LogP contribution in [0.3, 0.4) is 0 Å². The van der Waals surface area contributed by atoms with Gasteiger partial charge in [0.15, 0.2) is 0 Å². The van der Waals surface area contributed by atoms with Gasteiger partial charge in [0.1, 0.15) is 11.5 Å². The molecule has 2 aromatic heterocycles. The van der Waals surface area contributed by atoms with Gasteiger partial charge >= 0.3 is 29.6 Å². The molecule has 0 saturated carbocycles. The van der Waals surface area contributed by atoms with Crippen molar-refractivity contribution in [3.63, 3.8) is 0 Å². The van der Waals surface area contributed by atoms with Crippen LogP contribution in [-0.2, 0) is 18.9 Å². The van der Waals surface area contributed by atoms with Gasteiger partial charge in [-0.15, -0.1) is 0 Å². The van der Waals surface area contributed by atoms with Crippen LogP contribution in [-0.4, -0.2) is 45.2 Å². The minimum atomic E-state index is -0.111. The second kappa shape index (κ2) is 15.9. The Bertz CT molecular complexity index is 1320. The molecular formula is C25H31Br2N6NaO4. The van der Waals surface area contributed by atoms with Gasteiger partial charge in [0.25, 0.3) is 0 Å². The van der Waals surface area contributed by atoms with Crippen molar-refractivity contribution in [3.05, 3.63) is 57.7 Å². The molecule has 0 fully saturated rings. The van der Waals surface area contributed by atoms with Crippen molar-refractivity contribution >= 4 is 49.1 Å². The second-order valence-electron chi connectivity index (χ2n) is 7.49. The number of aromatic nitrogens is 4. The van der Waals surface area contributed by atoms with E-state index in [0.29, 0.717) is 5.69 Å². The molecule has 0 radical (unpaired) electrons. The van der Waals surface area contributed by atoms with E-state index in [1.807, 2.05) is 44.4 Å². The molecule has 0 aliphatic carbocycles. The smallest absolute Gasteiger partial charge is 0.870 e. The summed E-state index contributed by atoms with van der Waals surface area (Å²) in [6.07, 6.45) is 3.47. The third-order valence-electron chi connectivity index (χ3n) is 5.04. The van der Waals surface area contributed by atoms with Gasteiger partial charge in [0.2, 0.25) is 5.91 Å². The normalized spacial score (nSPS) is 9.55. The third-order valence-corrected chi connectivity index (χ3v) is 6.20. The SMILES string of the molecule is C.COc1ccc(N)cc1-c1c(Br)cnn1C.COc1ccc(NC(C)=O)cc1-c1c(Br)cnn1C.[Na+].[OH-]. The van der Waals surface area contributed by atoms with Crippen molar-refractivity contribution in [2.45, 2.75) is 14.4 Å². The standard InChI is InChI=1S/C13H14BrN3O2.C11H12BrN3O.CH4.Na.H2O/c1-8(18)16-9-4-5-12(19-3)10(6-9)13-11(14)7-15-17(13)2;1-15-11(9(12)6-14-15)8-5-7(13)3-4-10(8)16-2;;;/h4-7H,1-3H3,(H,16,18);3-6H,13H2,1-2H3;1H4;;1H2/q;;;+1;/p-1. The van der Waals surface area contributed by atoms with Gasteiger partial charge < -0.3 is 26.0 Å². The first-order valence-electron chi connectivity index (χ1n) is 10.4. The summed E-state index contributed by atoms with van der Waals surface area (Å²) in [6, 6.07) is 11.0. The van der Waals surface area contributed by atoms with Gasteiger partial charge in [-0.1, -0.05) is 7.43 Å². The molecule has 2 heterocycles. The molecule has 4 rings (SSSR count). The molecule has 200 valence electrons. The van der Waals surface area contributed by atoms with E-state index in [9.17, 15) is 4.79 Å². The van der Waals surface area contributed by atoms with Crippen molar-refractivity contribution in [2.24, 2.45) is 14.1 Å². The number of anilines is 2. The Labute approximate surface area is 261 Å². The molecule has 0 spiro atoms. The molecule has 0 atom stereocenters. The summed E-state index contributed by atoms with van der Waals surface area (Å²) >= 11 is 6.93. The number of halogens is 2. The summed E-state index contributed by atoms with van der Waals surface area (Å²) in [4.78, 5) is 11.1. The number of nitrogen functional groups attached to an aromatic ring is 1. The summed E-state index contributed by atoms with van der Waals surface area (Å²) in [5, 5.41) is 11.1. The summed E-state index contributed by atoms with van der Waals surface area (Å²) in [5.74, 6) is 1.39. The number of benzene rings is 2. The molecule has 0 aliphatic heterocycles. The van der Waals surface area contributed by atoms with Gasteiger partial charge in [0, 0.05) is 43.5 Å². The zero-order chi connectivity index (χ0) is 25.7. The van der Waals surface area contributed by atoms with E-state index in [4.69, 9.17) is 15.2 Å². The number of aryl methyl sites for hydroxylation is 2. The first-order chi connectivity index (χ1) is 16.7. The average molecular weight is 662 g/mol. The van der Waals surface area contributed by atoms with Crippen LogP contribution in [0.4, 0.5) is 11.4 Å². The van der Waals surface area contributed by atoms with E-state index >= 15 is 0 Å². The van der Waals surface area contributed by atoms with Crippen molar-refractivity contribution in [3.8, 4) is 34.0 Å². The summed E-state index contributed by atoms with van der Waals surface area (Å²) in [6.45, 7) is 1.48. The van der Waals surface area contributed by atoms with E-state index in [0.717, 1.165) is 48.6 Å². The fourth-order valence-electron chi connectivity index (χ4n) is 3.51. The monoisotopic (exact) mass is 660 g/mol. The predicted molar refractivity (Wildman–Crippen MR) is 153 cm³/mol.